The summed E-state index contributed by atoms with van der Waals surface area (Å²) in [5.74, 6) is 1.36. The molecule has 4 aromatic heterocycles. The second-order valence-electron chi connectivity index (χ2n) is 8.50. The second kappa shape index (κ2) is 7.96. The van der Waals surface area contributed by atoms with E-state index in [1.807, 2.05) is 24.3 Å². The standard InChI is InChI=1S/C25H22N8S/c1-13(2)28-14(3)20-9-15-4-5-16(10-21(15)30-20)24-31-22-12-27-34-23(22)25(32-24)29-18-6-7-19-17(8-18)11-26-33-19/h4-13,28,30H,3H2,1-2H3,(H,26,33)(H,29,31,32). The number of rotatable bonds is 6. The number of nitrogens with zero attached hydrogens (tertiary/aromatic N) is 4. The van der Waals surface area contributed by atoms with Gasteiger partial charge in [0.25, 0.3) is 0 Å². The third-order valence-electron chi connectivity index (χ3n) is 5.58. The number of aromatic amines is 2. The van der Waals surface area contributed by atoms with E-state index in [2.05, 4.69) is 68.8 Å². The summed E-state index contributed by atoms with van der Waals surface area (Å²) in [5, 5.41) is 16.0. The highest BCUT2D eigenvalue weighted by atomic mass is 32.1. The highest BCUT2D eigenvalue weighted by Crippen LogP contribution is 2.32. The Morgan fingerprint density at radius 1 is 1.00 bits per heavy atom. The maximum absolute atomic E-state index is 4.88. The predicted octanol–water partition coefficient (Wildman–Crippen LogP) is 5.82. The average Bonchev–Trinajstić information content (AvgIpc) is 3.56. The van der Waals surface area contributed by atoms with Crippen molar-refractivity contribution in [2.75, 3.05) is 5.32 Å². The summed E-state index contributed by atoms with van der Waals surface area (Å²) in [7, 11) is 0. The van der Waals surface area contributed by atoms with Crippen LogP contribution in [0.1, 0.15) is 19.5 Å². The Morgan fingerprint density at radius 2 is 1.91 bits per heavy atom. The molecule has 8 nitrogen and oxygen atoms in total. The van der Waals surface area contributed by atoms with Crippen molar-refractivity contribution in [2.45, 2.75) is 19.9 Å². The first-order valence-corrected chi connectivity index (χ1v) is 11.7. The van der Waals surface area contributed by atoms with Gasteiger partial charge >= 0.3 is 0 Å². The van der Waals surface area contributed by atoms with Gasteiger partial charge in [0.2, 0.25) is 0 Å². The Labute approximate surface area is 199 Å². The summed E-state index contributed by atoms with van der Waals surface area (Å²) in [6.07, 6.45) is 3.59. The zero-order valence-electron chi connectivity index (χ0n) is 18.7. The fourth-order valence-corrected chi connectivity index (χ4v) is 4.63. The molecule has 0 radical (unpaired) electrons. The van der Waals surface area contributed by atoms with Gasteiger partial charge in [-0.05, 0) is 55.7 Å². The number of fused-ring (bicyclic) bond motifs is 3. The SMILES string of the molecule is C=C(NC(C)C)c1cc2ccc(-c3nc(Nc4ccc5[nH]ncc5c4)c4sncc4n3)cc2[nH]1. The maximum Gasteiger partial charge on any atom is 0.162 e. The van der Waals surface area contributed by atoms with E-state index in [0.717, 1.165) is 60.5 Å². The highest BCUT2D eigenvalue weighted by Gasteiger charge is 2.14. The molecule has 34 heavy (non-hydrogen) atoms. The lowest BCUT2D eigenvalue weighted by atomic mass is 10.1. The quantitative estimate of drug-likeness (QED) is 0.246. The summed E-state index contributed by atoms with van der Waals surface area (Å²) in [4.78, 5) is 13.1. The first-order chi connectivity index (χ1) is 16.5. The molecule has 0 aliphatic carbocycles. The Hall–Kier alpha value is -4.24. The lowest BCUT2D eigenvalue weighted by Gasteiger charge is -2.10. The van der Waals surface area contributed by atoms with E-state index >= 15 is 0 Å². The summed E-state index contributed by atoms with van der Waals surface area (Å²) in [6.45, 7) is 8.34. The van der Waals surface area contributed by atoms with E-state index in [1.54, 1.807) is 12.4 Å². The predicted molar refractivity (Wildman–Crippen MR) is 139 cm³/mol. The van der Waals surface area contributed by atoms with Crippen LogP contribution in [-0.2, 0) is 0 Å². The van der Waals surface area contributed by atoms with Gasteiger partial charge < -0.3 is 15.6 Å². The molecule has 9 heteroatoms. The maximum atomic E-state index is 4.88. The van der Waals surface area contributed by atoms with E-state index in [9.17, 15) is 0 Å². The van der Waals surface area contributed by atoms with Crippen molar-refractivity contribution >= 4 is 60.8 Å². The van der Waals surface area contributed by atoms with E-state index < -0.39 is 0 Å². The molecule has 4 heterocycles. The minimum Gasteiger partial charge on any atom is -0.382 e. The van der Waals surface area contributed by atoms with E-state index in [0.29, 0.717) is 11.9 Å². The largest absolute Gasteiger partial charge is 0.382 e. The zero-order valence-corrected chi connectivity index (χ0v) is 19.5. The lowest BCUT2D eigenvalue weighted by molar-refractivity contribution is 0.716. The van der Waals surface area contributed by atoms with Gasteiger partial charge in [0.05, 0.1) is 29.3 Å². The monoisotopic (exact) mass is 466 g/mol. The molecular weight excluding hydrogens is 444 g/mol. The topological polar surface area (TPSA) is 107 Å². The van der Waals surface area contributed by atoms with Crippen LogP contribution in [0.3, 0.4) is 0 Å². The molecule has 0 amide bonds. The van der Waals surface area contributed by atoms with Crippen LogP contribution in [0.4, 0.5) is 11.5 Å². The Morgan fingerprint density at radius 3 is 2.79 bits per heavy atom. The molecule has 168 valence electrons. The van der Waals surface area contributed by atoms with Crippen LogP contribution in [0.15, 0.2) is 61.4 Å². The molecule has 0 fully saturated rings. The van der Waals surface area contributed by atoms with Gasteiger partial charge in [0.15, 0.2) is 11.6 Å². The molecular formula is C25H22N8S. The lowest BCUT2D eigenvalue weighted by Crippen LogP contribution is -2.20. The fraction of sp³-hybridized carbons (Fsp3) is 0.120. The van der Waals surface area contributed by atoms with Gasteiger partial charge in [-0.15, -0.1) is 0 Å². The average molecular weight is 467 g/mol. The van der Waals surface area contributed by atoms with E-state index in [4.69, 9.17) is 9.97 Å². The summed E-state index contributed by atoms with van der Waals surface area (Å²) >= 11 is 1.38. The summed E-state index contributed by atoms with van der Waals surface area (Å²) in [6, 6.07) is 14.6. The first-order valence-electron chi connectivity index (χ1n) is 10.9. The number of benzene rings is 2. The number of hydrogen-bond donors (Lipinski definition) is 4. The van der Waals surface area contributed by atoms with Crippen molar-refractivity contribution in [1.82, 2.24) is 34.8 Å². The van der Waals surface area contributed by atoms with Gasteiger partial charge in [-0.3, -0.25) is 5.10 Å². The van der Waals surface area contributed by atoms with E-state index in [-0.39, 0.29) is 0 Å². The van der Waals surface area contributed by atoms with Crippen LogP contribution in [0.25, 0.3) is 49.1 Å². The number of hydrogen-bond acceptors (Lipinski definition) is 7. The molecule has 0 aliphatic rings. The zero-order chi connectivity index (χ0) is 23.2. The number of anilines is 2. The van der Waals surface area contributed by atoms with Crippen LogP contribution < -0.4 is 10.6 Å². The van der Waals surface area contributed by atoms with E-state index in [1.165, 1.54) is 11.5 Å². The Kier molecular flexibility index (Phi) is 4.77. The summed E-state index contributed by atoms with van der Waals surface area (Å²) in [5.41, 5.74) is 6.49. The van der Waals surface area contributed by atoms with Crippen molar-refractivity contribution in [2.24, 2.45) is 0 Å². The van der Waals surface area contributed by atoms with Gasteiger partial charge in [-0.2, -0.15) is 9.47 Å². The molecule has 0 bridgehead atoms. The first kappa shape index (κ1) is 20.4. The molecule has 2 aromatic carbocycles. The third-order valence-corrected chi connectivity index (χ3v) is 6.38. The van der Waals surface area contributed by atoms with Crippen molar-refractivity contribution in [3.05, 3.63) is 67.1 Å². The van der Waals surface area contributed by atoms with Crippen LogP contribution >= 0.6 is 11.5 Å². The minimum atomic E-state index is 0.314. The molecule has 0 atom stereocenters. The van der Waals surface area contributed by atoms with Crippen molar-refractivity contribution in [1.29, 1.82) is 0 Å². The summed E-state index contributed by atoms with van der Waals surface area (Å²) < 4.78 is 5.25. The molecule has 4 N–H and O–H groups in total. The van der Waals surface area contributed by atoms with Crippen LogP contribution in [0.5, 0.6) is 0 Å². The fourth-order valence-electron chi connectivity index (χ4n) is 4.00. The third kappa shape index (κ3) is 3.65. The Balaban J connectivity index is 1.39. The smallest absolute Gasteiger partial charge is 0.162 e. The van der Waals surface area contributed by atoms with Crippen molar-refractivity contribution < 1.29 is 0 Å². The second-order valence-corrected chi connectivity index (χ2v) is 9.30. The Bertz CT molecular complexity index is 1670. The number of H-pyrrole nitrogens is 2. The molecule has 0 spiro atoms. The van der Waals surface area contributed by atoms with Crippen LogP contribution in [-0.4, -0.2) is 35.6 Å². The molecule has 0 unspecified atom stereocenters. The van der Waals surface area contributed by atoms with Crippen LogP contribution in [0, 0.1) is 0 Å². The number of nitrogens with one attached hydrogen (secondary N) is 4. The van der Waals surface area contributed by atoms with Gasteiger partial charge in [-0.25, -0.2) is 9.97 Å². The molecule has 6 rings (SSSR count). The normalized spacial score (nSPS) is 11.6. The highest BCUT2D eigenvalue weighted by molar-refractivity contribution is 7.13. The minimum absolute atomic E-state index is 0.314. The van der Waals surface area contributed by atoms with Crippen molar-refractivity contribution in [3.8, 4) is 11.4 Å². The van der Waals surface area contributed by atoms with Gasteiger partial charge in [0.1, 0.15) is 10.2 Å². The van der Waals surface area contributed by atoms with Crippen molar-refractivity contribution in [3.63, 3.8) is 0 Å². The molecule has 0 aliphatic heterocycles. The molecule has 0 saturated heterocycles. The molecule has 0 saturated carbocycles. The van der Waals surface area contributed by atoms with Gasteiger partial charge in [-0.1, -0.05) is 18.7 Å². The van der Waals surface area contributed by atoms with Crippen LogP contribution in [0.2, 0.25) is 0 Å². The number of aromatic nitrogens is 6. The molecule has 6 aromatic rings. The van der Waals surface area contributed by atoms with Gasteiger partial charge in [0, 0.05) is 33.6 Å².